The molecule has 1 fully saturated rings. The first-order chi connectivity index (χ1) is 21.9. The number of benzene rings is 4. The summed E-state index contributed by atoms with van der Waals surface area (Å²) in [5.41, 5.74) is 7.20. The second kappa shape index (κ2) is 15.5. The number of ether oxygens (including phenoxy) is 3. The number of nitrogens with one attached hydrogen (secondary N) is 1. The van der Waals surface area contributed by atoms with Crippen LogP contribution in [0.2, 0.25) is 0 Å². The van der Waals surface area contributed by atoms with Gasteiger partial charge in [-0.1, -0.05) is 90.6 Å². The summed E-state index contributed by atoms with van der Waals surface area (Å²) >= 11 is 1.04. The molecule has 1 N–H and O–H groups in total. The topological polar surface area (TPSA) is 94.2 Å². The van der Waals surface area contributed by atoms with Crippen LogP contribution in [-0.4, -0.2) is 61.4 Å². The molecule has 9 heteroatoms. The van der Waals surface area contributed by atoms with Gasteiger partial charge >= 0.3 is 0 Å². The minimum Gasteiger partial charge on any atom is -0.468 e. The normalized spacial score (nSPS) is 14.3. The van der Waals surface area contributed by atoms with Gasteiger partial charge in [-0.2, -0.15) is 0 Å². The molecule has 3 amide bonds. The lowest BCUT2D eigenvalue weighted by atomic mass is 10.00. The van der Waals surface area contributed by atoms with Crippen LogP contribution in [0.4, 0.5) is 4.79 Å². The van der Waals surface area contributed by atoms with Gasteiger partial charge in [-0.15, -0.1) is 0 Å². The molecule has 4 aromatic rings. The van der Waals surface area contributed by atoms with Gasteiger partial charge < -0.3 is 19.1 Å². The molecule has 0 aliphatic carbocycles. The number of likely N-dealkylation sites (N-methyl/N-ethyl adjacent to an activating group) is 1. The van der Waals surface area contributed by atoms with E-state index in [4.69, 9.17) is 14.2 Å². The van der Waals surface area contributed by atoms with Gasteiger partial charge in [0.1, 0.15) is 5.75 Å². The number of methoxy groups -OCH3 is 1. The minimum atomic E-state index is -0.381. The number of imide groups is 1. The van der Waals surface area contributed by atoms with Crippen molar-refractivity contribution in [1.29, 1.82) is 0 Å². The molecule has 5 rings (SSSR count). The van der Waals surface area contributed by atoms with E-state index in [1.165, 1.54) is 0 Å². The maximum atomic E-state index is 13.1. The van der Waals surface area contributed by atoms with Crippen molar-refractivity contribution in [3.8, 4) is 28.0 Å². The minimum absolute atomic E-state index is 0.0408. The Kier molecular flexibility index (Phi) is 11.0. The molecule has 1 heterocycles. The number of carbonyl (C=O) groups excluding carboxylic acids is 3. The predicted octanol–water partition coefficient (Wildman–Crippen LogP) is 6.12. The molecule has 0 aromatic heterocycles. The van der Waals surface area contributed by atoms with Crippen molar-refractivity contribution >= 4 is 28.8 Å². The van der Waals surface area contributed by atoms with Crippen molar-refractivity contribution in [3.05, 3.63) is 114 Å². The van der Waals surface area contributed by atoms with Crippen molar-refractivity contribution in [2.75, 3.05) is 34.2 Å². The van der Waals surface area contributed by atoms with Crippen LogP contribution < -0.4 is 10.1 Å². The molecule has 1 atom stereocenters. The molecule has 4 aromatic carbocycles. The Bertz CT molecular complexity index is 1610. The summed E-state index contributed by atoms with van der Waals surface area (Å²) < 4.78 is 15.9. The van der Waals surface area contributed by atoms with Crippen molar-refractivity contribution in [2.24, 2.45) is 0 Å². The molecule has 0 saturated carbocycles. The van der Waals surface area contributed by atoms with Gasteiger partial charge in [0.2, 0.25) is 11.8 Å². The van der Waals surface area contributed by atoms with Gasteiger partial charge in [0, 0.05) is 20.7 Å². The lowest BCUT2D eigenvalue weighted by Crippen LogP contribution is -2.27. The second-order valence-electron chi connectivity index (χ2n) is 10.8. The molecule has 1 aliphatic rings. The first-order valence-corrected chi connectivity index (χ1v) is 15.6. The van der Waals surface area contributed by atoms with E-state index in [2.05, 4.69) is 11.4 Å². The quantitative estimate of drug-likeness (QED) is 0.134. The number of carbonyl (C=O) groups is 3. The summed E-state index contributed by atoms with van der Waals surface area (Å²) in [4.78, 5) is 38.2. The summed E-state index contributed by atoms with van der Waals surface area (Å²) in [5.74, 6) is 0.542. The highest BCUT2D eigenvalue weighted by molar-refractivity contribution is 8.15. The van der Waals surface area contributed by atoms with Crippen molar-refractivity contribution in [1.82, 2.24) is 10.2 Å². The molecule has 45 heavy (non-hydrogen) atoms. The highest BCUT2D eigenvalue weighted by Crippen LogP contribution is 2.26. The summed E-state index contributed by atoms with van der Waals surface area (Å²) in [6, 6.07) is 32.1. The number of rotatable bonds is 14. The van der Waals surface area contributed by atoms with Crippen LogP contribution in [0.1, 0.15) is 16.7 Å². The Morgan fingerprint density at radius 1 is 0.800 bits per heavy atom. The molecule has 232 valence electrons. The lowest BCUT2D eigenvalue weighted by molar-refractivity contribution is -0.129. The van der Waals surface area contributed by atoms with E-state index in [1.807, 2.05) is 98.0 Å². The van der Waals surface area contributed by atoms with E-state index in [-0.39, 0.29) is 29.1 Å². The molecule has 0 spiro atoms. The third-order valence-corrected chi connectivity index (χ3v) is 8.47. The largest absolute Gasteiger partial charge is 0.468 e. The maximum Gasteiger partial charge on any atom is 0.286 e. The summed E-state index contributed by atoms with van der Waals surface area (Å²) in [5, 5.41) is 1.67. The van der Waals surface area contributed by atoms with Crippen LogP contribution in [-0.2, 0) is 38.4 Å². The average Bonchev–Trinajstić information content (AvgIpc) is 3.37. The average molecular weight is 625 g/mol. The number of hydrogen-bond donors (Lipinski definition) is 1. The van der Waals surface area contributed by atoms with E-state index in [0.29, 0.717) is 32.6 Å². The third kappa shape index (κ3) is 9.04. The summed E-state index contributed by atoms with van der Waals surface area (Å²) in [6.07, 6.45) is 0.823. The number of hydrogen-bond acceptors (Lipinski definition) is 7. The molecular formula is C36H36N2O6S. The molecule has 1 saturated heterocycles. The zero-order valence-electron chi connectivity index (χ0n) is 25.4. The number of nitrogens with zero attached hydrogens (tertiary/aromatic N) is 1. The van der Waals surface area contributed by atoms with Crippen LogP contribution in [0.25, 0.3) is 22.3 Å². The predicted molar refractivity (Wildman–Crippen MR) is 176 cm³/mol. The van der Waals surface area contributed by atoms with Gasteiger partial charge in [0.25, 0.3) is 5.24 Å². The standard InChI is InChI=1S/C36H36N2O6S/c1-38(23-27-4-3-5-31(20-27)30-12-6-25(7-13-30)21-33-35(40)37-36(41)45-33)34(39)22-26-8-10-28(11-9-26)29-14-16-32(17-15-29)44-24-43-19-18-42-2/h3-17,20,33H,18-19,21-24H2,1-2H3,(H,37,40,41). The van der Waals surface area contributed by atoms with Gasteiger partial charge in [-0.3, -0.25) is 19.7 Å². The van der Waals surface area contributed by atoms with E-state index >= 15 is 0 Å². The molecular weight excluding hydrogens is 588 g/mol. The smallest absolute Gasteiger partial charge is 0.286 e. The second-order valence-corrected chi connectivity index (χ2v) is 12.0. The lowest BCUT2D eigenvalue weighted by Gasteiger charge is -2.18. The SMILES string of the molecule is COCCOCOc1ccc(-c2ccc(CC(=O)N(C)Cc3cccc(-c4ccc(CC5SC(=O)NC5=O)cc4)c3)cc2)cc1. The first-order valence-electron chi connectivity index (χ1n) is 14.7. The highest BCUT2D eigenvalue weighted by Gasteiger charge is 2.31. The first kappa shape index (κ1) is 32.0. The Morgan fingerprint density at radius 2 is 1.44 bits per heavy atom. The Labute approximate surface area is 267 Å². The molecule has 8 nitrogen and oxygen atoms in total. The monoisotopic (exact) mass is 624 g/mol. The molecule has 0 radical (unpaired) electrons. The Hall–Kier alpha value is -4.44. The van der Waals surface area contributed by atoms with Gasteiger partial charge in [0.05, 0.1) is 24.9 Å². The summed E-state index contributed by atoms with van der Waals surface area (Å²) in [7, 11) is 3.46. The maximum absolute atomic E-state index is 13.1. The van der Waals surface area contributed by atoms with Crippen LogP contribution >= 0.6 is 11.8 Å². The fourth-order valence-electron chi connectivity index (χ4n) is 4.97. The van der Waals surface area contributed by atoms with Crippen molar-refractivity contribution in [3.63, 3.8) is 0 Å². The van der Waals surface area contributed by atoms with Gasteiger partial charge in [-0.05, 0) is 63.6 Å². The summed E-state index contributed by atoms with van der Waals surface area (Å²) in [6.45, 7) is 1.69. The van der Waals surface area contributed by atoms with Gasteiger partial charge in [0.15, 0.2) is 6.79 Å². The zero-order chi connectivity index (χ0) is 31.6. The van der Waals surface area contributed by atoms with E-state index in [0.717, 1.165) is 56.5 Å². The van der Waals surface area contributed by atoms with Crippen molar-refractivity contribution in [2.45, 2.75) is 24.6 Å². The van der Waals surface area contributed by atoms with Gasteiger partial charge in [-0.25, -0.2) is 0 Å². The number of thioether (sulfide) groups is 1. The fraction of sp³-hybridized carbons (Fsp3) is 0.250. The number of amides is 3. The van der Waals surface area contributed by atoms with E-state index in [1.54, 1.807) is 12.0 Å². The molecule has 1 unspecified atom stereocenters. The fourth-order valence-corrected chi connectivity index (χ4v) is 5.83. The van der Waals surface area contributed by atoms with E-state index in [9.17, 15) is 14.4 Å². The third-order valence-electron chi connectivity index (χ3n) is 7.49. The Balaban J connectivity index is 1.12. The highest BCUT2D eigenvalue weighted by atomic mass is 32.2. The van der Waals surface area contributed by atoms with Crippen LogP contribution in [0.3, 0.4) is 0 Å². The van der Waals surface area contributed by atoms with E-state index < -0.39 is 0 Å². The Morgan fingerprint density at radius 3 is 2.09 bits per heavy atom. The van der Waals surface area contributed by atoms with Crippen LogP contribution in [0.5, 0.6) is 5.75 Å². The van der Waals surface area contributed by atoms with Crippen molar-refractivity contribution < 1.29 is 28.6 Å². The van der Waals surface area contributed by atoms with Crippen LogP contribution in [0, 0.1) is 0 Å². The molecule has 1 aliphatic heterocycles. The van der Waals surface area contributed by atoms with Crippen LogP contribution in [0.15, 0.2) is 97.1 Å². The molecule has 0 bridgehead atoms. The zero-order valence-corrected chi connectivity index (χ0v) is 26.2.